The molecule has 10 nitrogen and oxygen atoms in total. The summed E-state index contributed by atoms with van der Waals surface area (Å²) in [6, 6.07) is 8.72. The molecule has 180 valence electrons. The van der Waals surface area contributed by atoms with E-state index in [0.717, 1.165) is 11.1 Å². The Balaban J connectivity index is 1.47. The van der Waals surface area contributed by atoms with Crippen LogP contribution < -0.4 is 15.5 Å². The molecule has 3 aromatic rings. The fourth-order valence-electron chi connectivity index (χ4n) is 3.68. The van der Waals surface area contributed by atoms with Gasteiger partial charge in [-0.25, -0.2) is 19.7 Å². The maximum Gasteiger partial charge on any atom is 0.415 e. The van der Waals surface area contributed by atoms with Crippen LogP contribution in [-0.2, 0) is 9.53 Å². The minimum atomic E-state index is -0.409. The van der Waals surface area contributed by atoms with E-state index in [2.05, 4.69) is 37.1 Å². The number of carbonyl (C=O) groups excluding carboxylic acids is 2. The summed E-state index contributed by atoms with van der Waals surface area (Å²) >= 11 is 0. The van der Waals surface area contributed by atoms with Gasteiger partial charge in [0.25, 0.3) is 0 Å². The number of carbonyl (C=O) groups is 2. The van der Waals surface area contributed by atoms with Crippen LogP contribution in [0.15, 0.2) is 61.6 Å². The normalized spacial score (nSPS) is 16.1. The fourth-order valence-corrected chi connectivity index (χ4v) is 3.68. The van der Waals surface area contributed by atoms with Crippen LogP contribution in [0.4, 0.5) is 22.2 Å². The van der Waals surface area contributed by atoms with Crippen LogP contribution in [0.25, 0.3) is 11.1 Å². The second kappa shape index (κ2) is 10.3. The third-order valence-corrected chi connectivity index (χ3v) is 5.62. The second-order valence-corrected chi connectivity index (χ2v) is 8.47. The lowest BCUT2D eigenvalue weighted by molar-refractivity contribution is -0.111. The van der Waals surface area contributed by atoms with Crippen molar-refractivity contribution in [3.05, 3.63) is 67.4 Å². The standard InChI is InChI=1S/C25H27N7O3/c1-5-22(33)30-19-8-6-7-17(11-19)18-12-27-23(28-13-18)16(4)29-24-26-10-9-21(31-24)32-20(15(2)3)14-35-25(32)34/h5-13,15-16,20H,1,14H2,2-4H3,(H,30,33)(H,26,29,31)/t16-,20+/m0/s1. The van der Waals surface area contributed by atoms with Crippen LogP contribution in [0.2, 0.25) is 0 Å². The molecule has 1 aliphatic rings. The van der Waals surface area contributed by atoms with E-state index in [0.29, 0.717) is 29.9 Å². The minimum Gasteiger partial charge on any atom is -0.447 e. The van der Waals surface area contributed by atoms with E-state index in [1.807, 2.05) is 39.0 Å². The van der Waals surface area contributed by atoms with Gasteiger partial charge in [0.1, 0.15) is 18.2 Å². The second-order valence-electron chi connectivity index (χ2n) is 8.47. The van der Waals surface area contributed by atoms with Gasteiger partial charge in [-0.3, -0.25) is 9.69 Å². The molecule has 0 spiro atoms. The van der Waals surface area contributed by atoms with Crippen LogP contribution in [0.1, 0.15) is 32.6 Å². The molecule has 2 aromatic heterocycles. The molecular formula is C25H27N7O3. The van der Waals surface area contributed by atoms with Gasteiger partial charge in [0.05, 0.1) is 12.1 Å². The number of hydrogen-bond acceptors (Lipinski definition) is 8. The largest absolute Gasteiger partial charge is 0.447 e. The van der Waals surface area contributed by atoms with E-state index in [-0.39, 0.29) is 23.9 Å². The van der Waals surface area contributed by atoms with E-state index in [9.17, 15) is 9.59 Å². The summed E-state index contributed by atoms with van der Waals surface area (Å²) < 4.78 is 5.22. The molecule has 3 heterocycles. The van der Waals surface area contributed by atoms with Crippen molar-refractivity contribution in [3.8, 4) is 11.1 Å². The Morgan fingerprint density at radius 2 is 1.94 bits per heavy atom. The first kappa shape index (κ1) is 23.8. The lowest BCUT2D eigenvalue weighted by Gasteiger charge is -2.23. The maximum atomic E-state index is 12.3. The number of ether oxygens (including phenoxy) is 1. The summed E-state index contributed by atoms with van der Waals surface area (Å²) in [4.78, 5) is 43.2. The van der Waals surface area contributed by atoms with Crippen molar-refractivity contribution in [2.24, 2.45) is 5.92 Å². The number of benzene rings is 1. The van der Waals surface area contributed by atoms with E-state index in [1.165, 1.54) is 6.08 Å². The quantitative estimate of drug-likeness (QED) is 0.467. The summed E-state index contributed by atoms with van der Waals surface area (Å²) in [5.74, 6) is 1.34. The Morgan fingerprint density at radius 3 is 2.66 bits per heavy atom. The van der Waals surface area contributed by atoms with Gasteiger partial charge in [0, 0.05) is 29.8 Å². The number of nitrogens with one attached hydrogen (secondary N) is 2. The summed E-state index contributed by atoms with van der Waals surface area (Å²) in [6.07, 6.45) is 5.85. The lowest BCUT2D eigenvalue weighted by atomic mass is 10.0. The summed E-state index contributed by atoms with van der Waals surface area (Å²) in [6.45, 7) is 9.78. The zero-order valence-electron chi connectivity index (χ0n) is 19.8. The number of nitrogens with zero attached hydrogens (tertiary/aromatic N) is 5. The zero-order valence-corrected chi connectivity index (χ0v) is 19.8. The molecule has 0 radical (unpaired) electrons. The Kier molecular flexibility index (Phi) is 7.00. The predicted molar refractivity (Wildman–Crippen MR) is 133 cm³/mol. The lowest BCUT2D eigenvalue weighted by Crippen LogP contribution is -2.37. The first-order chi connectivity index (χ1) is 16.9. The van der Waals surface area contributed by atoms with E-state index in [4.69, 9.17) is 4.74 Å². The monoisotopic (exact) mass is 473 g/mol. The number of rotatable bonds is 8. The van der Waals surface area contributed by atoms with Gasteiger partial charge in [0.2, 0.25) is 11.9 Å². The third-order valence-electron chi connectivity index (χ3n) is 5.62. The Bertz CT molecular complexity index is 1230. The van der Waals surface area contributed by atoms with Crippen molar-refractivity contribution < 1.29 is 14.3 Å². The average Bonchev–Trinajstić information content (AvgIpc) is 3.26. The van der Waals surface area contributed by atoms with Crippen molar-refractivity contribution in [2.75, 3.05) is 22.1 Å². The molecule has 1 aromatic carbocycles. The highest BCUT2D eigenvalue weighted by atomic mass is 16.6. The van der Waals surface area contributed by atoms with Gasteiger partial charge < -0.3 is 15.4 Å². The van der Waals surface area contributed by atoms with Gasteiger partial charge in [-0.15, -0.1) is 0 Å². The molecule has 35 heavy (non-hydrogen) atoms. The molecule has 0 unspecified atom stereocenters. The molecule has 2 amide bonds. The van der Waals surface area contributed by atoms with Gasteiger partial charge in [-0.05, 0) is 42.7 Å². The van der Waals surface area contributed by atoms with Crippen molar-refractivity contribution in [2.45, 2.75) is 32.9 Å². The SMILES string of the molecule is C=CC(=O)Nc1cccc(-c2cnc([C@H](C)Nc3nccc(N4C(=O)OC[C@@H]4C(C)C)n3)nc2)c1. The van der Waals surface area contributed by atoms with Gasteiger partial charge in [-0.1, -0.05) is 32.6 Å². The number of aromatic nitrogens is 4. The van der Waals surface area contributed by atoms with Crippen molar-refractivity contribution in [3.63, 3.8) is 0 Å². The summed E-state index contributed by atoms with van der Waals surface area (Å²) in [5.41, 5.74) is 2.33. The Labute approximate surface area is 203 Å². The van der Waals surface area contributed by atoms with Crippen LogP contribution in [-0.4, -0.2) is 44.6 Å². The topological polar surface area (TPSA) is 122 Å². The van der Waals surface area contributed by atoms with Gasteiger partial charge in [-0.2, -0.15) is 4.98 Å². The molecular weight excluding hydrogens is 446 g/mol. The molecule has 0 aliphatic carbocycles. The molecule has 1 saturated heterocycles. The smallest absolute Gasteiger partial charge is 0.415 e. The Morgan fingerprint density at radius 1 is 1.17 bits per heavy atom. The van der Waals surface area contributed by atoms with Gasteiger partial charge in [0.15, 0.2) is 0 Å². The first-order valence-corrected chi connectivity index (χ1v) is 11.3. The number of amides is 2. The third kappa shape index (κ3) is 5.43. The van der Waals surface area contributed by atoms with Crippen LogP contribution in [0.5, 0.6) is 0 Å². The zero-order chi connectivity index (χ0) is 24.9. The molecule has 2 atom stereocenters. The number of cyclic esters (lactones) is 1. The first-order valence-electron chi connectivity index (χ1n) is 11.3. The molecule has 1 aliphatic heterocycles. The summed E-state index contributed by atoms with van der Waals surface area (Å²) in [5, 5.41) is 5.94. The van der Waals surface area contributed by atoms with Gasteiger partial charge >= 0.3 is 6.09 Å². The van der Waals surface area contributed by atoms with Crippen molar-refractivity contribution in [1.29, 1.82) is 0 Å². The molecule has 2 N–H and O–H groups in total. The van der Waals surface area contributed by atoms with Crippen molar-refractivity contribution in [1.82, 2.24) is 19.9 Å². The van der Waals surface area contributed by atoms with Crippen LogP contribution in [0, 0.1) is 5.92 Å². The number of anilines is 3. The van der Waals surface area contributed by atoms with Crippen LogP contribution >= 0.6 is 0 Å². The Hall–Kier alpha value is -4.34. The van der Waals surface area contributed by atoms with Crippen molar-refractivity contribution >= 4 is 29.5 Å². The predicted octanol–water partition coefficient (Wildman–Crippen LogP) is 4.21. The minimum absolute atomic E-state index is 0.0813. The highest BCUT2D eigenvalue weighted by Gasteiger charge is 2.37. The van der Waals surface area contributed by atoms with E-state index in [1.54, 1.807) is 35.6 Å². The molecule has 10 heteroatoms. The van der Waals surface area contributed by atoms with E-state index < -0.39 is 6.09 Å². The molecule has 4 rings (SSSR count). The molecule has 0 saturated carbocycles. The average molecular weight is 474 g/mol. The molecule has 1 fully saturated rings. The van der Waals surface area contributed by atoms with Crippen LogP contribution in [0.3, 0.4) is 0 Å². The maximum absolute atomic E-state index is 12.3. The highest BCUT2D eigenvalue weighted by molar-refractivity contribution is 5.99. The summed E-state index contributed by atoms with van der Waals surface area (Å²) in [7, 11) is 0. The fraction of sp³-hybridized carbons (Fsp3) is 0.280. The van der Waals surface area contributed by atoms with E-state index >= 15 is 0 Å². The number of hydrogen-bond donors (Lipinski definition) is 2. The molecule has 0 bridgehead atoms. The highest BCUT2D eigenvalue weighted by Crippen LogP contribution is 2.27.